The monoisotopic (exact) mass is 329 g/mol. The number of carbonyl (C=O) groups excluding carboxylic acids is 1. The summed E-state index contributed by atoms with van der Waals surface area (Å²) in [5.74, 6) is 1.33. The molecule has 23 heavy (non-hydrogen) atoms. The van der Waals surface area contributed by atoms with Gasteiger partial charge in [-0.15, -0.1) is 11.8 Å². The molecule has 3 rings (SSSR count). The van der Waals surface area contributed by atoms with Crippen LogP contribution in [0, 0.1) is 0 Å². The molecule has 1 aliphatic heterocycles. The molecule has 4 nitrogen and oxygen atoms in total. The number of methoxy groups -OCH3 is 2. The molecule has 2 aromatic carbocycles. The second kappa shape index (κ2) is 6.96. The molecule has 0 N–H and O–H groups in total. The lowest BCUT2D eigenvalue weighted by atomic mass is 10.0. The minimum absolute atomic E-state index is 0.281. The number of thioether (sulfide) groups is 1. The molecule has 2 aromatic rings. The molecule has 1 atom stereocenters. The van der Waals surface area contributed by atoms with Crippen molar-refractivity contribution in [3.63, 3.8) is 0 Å². The first-order chi connectivity index (χ1) is 11.3. The minimum Gasteiger partial charge on any atom is -0.493 e. The van der Waals surface area contributed by atoms with Crippen LogP contribution in [0.3, 0.4) is 0 Å². The Morgan fingerprint density at radius 3 is 2.48 bits per heavy atom. The molecule has 0 radical (unpaired) electrons. The smallest absolute Gasteiger partial charge is 0.214 e. The SMILES string of the molecule is COc1cc2c(cc1OC)N(C=O)CCC2Sc1ccccc1. The van der Waals surface area contributed by atoms with Crippen molar-refractivity contribution in [1.82, 2.24) is 0 Å². The van der Waals surface area contributed by atoms with Crippen LogP contribution >= 0.6 is 11.8 Å². The van der Waals surface area contributed by atoms with Gasteiger partial charge in [-0.2, -0.15) is 0 Å². The van der Waals surface area contributed by atoms with E-state index in [0.717, 1.165) is 24.1 Å². The van der Waals surface area contributed by atoms with E-state index in [2.05, 4.69) is 12.1 Å². The Bertz CT molecular complexity index is 690. The van der Waals surface area contributed by atoms with Crippen LogP contribution in [0.25, 0.3) is 0 Å². The molecular formula is C18H19NO3S. The van der Waals surface area contributed by atoms with Crippen molar-refractivity contribution < 1.29 is 14.3 Å². The van der Waals surface area contributed by atoms with Gasteiger partial charge < -0.3 is 14.4 Å². The maximum Gasteiger partial charge on any atom is 0.214 e. The van der Waals surface area contributed by atoms with Crippen LogP contribution in [0.15, 0.2) is 47.4 Å². The van der Waals surface area contributed by atoms with Crippen LogP contribution in [-0.2, 0) is 4.79 Å². The van der Waals surface area contributed by atoms with Crippen molar-refractivity contribution in [1.29, 1.82) is 0 Å². The van der Waals surface area contributed by atoms with Gasteiger partial charge in [-0.25, -0.2) is 0 Å². The summed E-state index contributed by atoms with van der Waals surface area (Å²) in [4.78, 5) is 14.3. The quantitative estimate of drug-likeness (QED) is 0.780. The molecule has 0 fully saturated rings. The zero-order chi connectivity index (χ0) is 16.2. The summed E-state index contributed by atoms with van der Waals surface area (Å²) in [5, 5.41) is 0.281. The first-order valence-corrected chi connectivity index (χ1v) is 8.34. The van der Waals surface area contributed by atoms with Gasteiger partial charge in [0, 0.05) is 22.8 Å². The Morgan fingerprint density at radius 2 is 1.83 bits per heavy atom. The van der Waals surface area contributed by atoms with Gasteiger partial charge in [0.2, 0.25) is 6.41 Å². The van der Waals surface area contributed by atoms with Crippen LogP contribution in [0.5, 0.6) is 11.5 Å². The number of amides is 1. The Labute approximate surface area is 140 Å². The molecule has 0 saturated heterocycles. The van der Waals surface area contributed by atoms with E-state index >= 15 is 0 Å². The van der Waals surface area contributed by atoms with E-state index in [4.69, 9.17) is 9.47 Å². The van der Waals surface area contributed by atoms with E-state index in [0.29, 0.717) is 18.0 Å². The molecule has 0 spiro atoms. The van der Waals surface area contributed by atoms with Gasteiger partial charge in [0.15, 0.2) is 11.5 Å². The summed E-state index contributed by atoms with van der Waals surface area (Å²) in [6.45, 7) is 0.705. The molecule has 0 bridgehead atoms. The van der Waals surface area contributed by atoms with E-state index in [1.54, 1.807) is 19.1 Å². The summed E-state index contributed by atoms with van der Waals surface area (Å²) >= 11 is 1.81. The highest BCUT2D eigenvalue weighted by Gasteiger charge is 2.28. The largest absolute Gasteiger partial charge is 0.493 e. The highest BCUT2D eigenvalue weighted by molar-refractivity contribution is 7.99. The summed E-state index contributed by atoms with van der Waals surface area (Å²) in [6, 6.07) is 14.2. The Morgan fingerprint density at radius 1 is 1.13 bits per heavy atom. The predicted molar refractivity (Wildman–Crippen MR) is 92.6 cm³/mol. The van der Waals surface area contributed by atoms with E-state index in [1.807, 2.05) is 42.1 Å². The number of benzene rings is 2. The lowest BCUT2D eigenvalue weighted by Crippen LogP contribution is -2.29. The Kier molecular flexibility index (Phi) is 4.76. The standard InChI is InChI=1S/C18H19NO3S/c1-21-16-10-14-15(11-17(16)22-2)19(12-20)9-8-18(14)23-13-6-4-3-5-7-13/h3-7,10-12,18H,8-9H2,1-2H3. The van der Waals surface area contributed by atoms with Gasteiger partial charge in [-0.3, -0.25) is 4.79 Å². The Balaban J connectivity index is 2.01. The number of carbonyl (C=O) groups is 1. The molecule has 0 aromatic heterocycles. The fraction of sp³-hybridized carbons (Fsp3) is 0.278. The average molecular weight is 329 g/mol. The fourth-order valence-corrected chi connectivity index (χ4v) is 4.00. The highest BCUT2D eigenvalue weighted by Crippen LogP contribution is 2.48. The van der Waals surface area contributed by atoms with E-state index in [9.17, 15) is 4.79 Å². The van der Waals surface area contributed by atoms with Gasteiger partial charge in [-0.1, -0.05) is 18.2 Å². The average Bonchev–Trinajstić information content (AvgIpc) is 2.61. The van der Waals surface area contributed by atoms with Gasteiger partial charge in [0.25, 0.3) is 0 Å². The normalized spacial score (nSPS) is 16.6. The molecule has 1 amide bonds. The van der Waals surface area contributed by atoms with Gasteiger partial charge >= 0.3 is 0 Å². The number of anilines is 1. The molecule has 1 unspecified atom stereocenters. The second-order valence-corrected chi connectivity index (χ2v) is 6.55. The molecule has 120 valence electrons. The van der Waals surface area contributed by atoms with E-state index < -0.39 is 0 Å². The van der Waals surface area contributed by atoms with Gasteiger partial charge in [0.05, 0.1) is 19.9 Å². The molecule has 5 heteroatoms. The number of hydrogen-bond acceptors (Lipinski definition) is 4. The van der Waals surface area contributed by atoms with Crippen molar-refractivity contribution in [2.45, 2.75) is 16.6 Å². The van der Waals surface area contributed by atoms with Crippen molar-refractivity contribution in [3.05, 3.63) is 48.0 Å². The van der Waals surface area contributed by atoms with Crippen LogP contribution < -0.4 is 14.4 Å². The zero-order valence-electron chi connectivity index (χ0n) is 13.2. The van der Waals surface area contributed by atoms with Crippen molar-refractivity contribution >= 4 is 23.9 Å². The predicted octanol–water partition coefficient (Wildman–Crippen LogP) is 3.90. The Hall–Kier alpha value is -2.14. The van der Waals surface area contributed by atoms with E-state index in [1.165, 1.54) is 4.90 Å². The maximum absolute atomic E-state index is 11.4. The lowest BCUT2D eigenvalue weighted by molar-refractivity contribution is -0.107. The van der Waals surface area contributed by atoms with Crippen LogP contribution in [-0.4, -0.2) is 27.2 Å². The molecule has 1 heterocycles. The van der Waals surface area contributed by atoms with Gasteiger partial charge in [0.1, 0.15) is 0 Å². The van der Waals surface area contributed by atoms with Gasteiger partial charge in [-0.05, 0) is 30.2 Å². The summed E-state index contributed by atoms with van der Waals surface area (Å²) in [6.07, 6.45) is 1.79. The summed E-state index contributed by atoms with van der Waals surface area (Å²) in [7, 11) is 3.23. The topological polar surface area (TPSA) is 38.8 Å². The number of fused-ring (bicyclic) bond motifs is 1. The van der Waals surface area contributed by atoms with E-state index in [-0.39, 0.29) is 5.25 Å². The van der Waals surface area contributed by atoms with Crippen LogP contribution in [0.1, 0.15) is 17.2 Å². The third-order valence-corrected chi connectivity index (χ3v) is 5.29. The minimum atomic E-state index is 0.281. The molecular weight excluding hydrogens is 310 g/mol. The van der Waals surface area contributed by atoms with Crippen LogP contribution in [0.2, 0.25) is 0 Å². The summed E-state index contributed by atoms with van der Waals surface area (Å²) < 4.78 is 10.8. The van der Waals surface area contributed by atoms with Crippen LogP contribution in [0.4, 0.5) is 5.69 Å². The first-order valence-electron chi connectivity index (χ1n) is 7.46. The molecule has 1 aliphatic rings. The lowest BCUT2D eigenvalue weighted by Gasteiger charge is -2.32. The van der Waals surface area contributed by atoms with Crippen molar-refractivity contribution in [3.8, 4) is 11.5 Å². The molecule has 0 aliphatic carbocycles. The summed E-state index contributed by atoms with van der Waals surface area (Å²) in [5.41, 5.74) is 2.01. The number of ether oxygens (including phenoxy) is 2. The number of hydrogen-bond donors (Lipinski definition) is 0. The first kappa shape index (κ1) is 15.7. The third kappa shape index (κ3) is 3.15. The number of rotatable bonds is 5. The zero-order valence-corrected chi connectivity index (χ0v) is 14.0. The highest BCUT2D eigenvalue weighted by atomic mass is 32.2. The fourth-order valence-electron chi connectivity index (χ4n) is 2.82. The second-order valence-electron chi connectivity index (χ2n) is 5.27. The third-order valence-electron chi connectivity index (χ3n) is 3.97. The number of nitrogens with zero attached hydrogens (tertiary/aromatic N) is 1. The van der Waals surface area contributed by atoms with Crippen molar-refractivity contribution in [2.24, 2.45) is 0 Å². The maximum atomic E-state index is 11.4. The molecule has 0 saturated carbocycles. The van der Waals surface area contributed by atoms with Crippen molar-refractivity contribution in [2.75, 3.05) is 25.7 Å².